The lowest BCUT2D eigenvalue weighted by Crippen LogP contribution is -2.46. The molecule has 0 fully saturated rings. The number of carbonyl (C=O) groups excluding carboxylic acids is 3. The molecule has 1 rings (SSSR count). The number of primary amides is 1. The highest BCUT2D eigenvalue weighted by Crippen LogP contribution is 2.32. The molecular formula is C16H28BrClN2O3. The fourth-order valence-corrected chi connectivity index (χ4v) is 2.56. The maximum atomic E-state index is 11.3. The van der Waals surface area contributed by atoms with Crippen LogP contribution in [0.3, 0.4) is 0 Å². The van der Waals surface area contributed by atoms with Crippen molar-refractivity contribution in [3.63, 3.8) is 0 Å². The highest BCUT2D eigenvalue weighted by molar-refractivity contribution is 9.10. The van der Waals surface area contributed by atoms with E-state index >= 15 is 0 Å². The first kappa shape index (κ1) is 24.4. The second-order valence-corrected chi connectivity index (χ2v) is 7.98. The van der Waals surface area contributed by atoms with Crippen LogP contribution in [0.25, 0.3) is 0 Å². The van der Waals surface area contributed by atoms with Crippen LogP contribution in [0.1, 0.15) is 60.3 Å². The van der Waals surface area contributed by atoms with Gasteiger partial charge in [-0.2, -0.15) is 0 Å². The largest absolute Gasteiger partial charge is 0.351 e. The number of halogens is 2. The lowest BCUT2D eigenvalue weighted by atomic mass is 9.77. The number of urea groups is 1. The third kappa shape index (κ3) is 9.11. The maximum Gasteiger partial charge on any atom is 0.318 e. The normalized spacial score (nSPS) is 16.3. The molecule has 134 valence electrons. The van der Waals surface area contributed by atoms with Crippen molar-refractivity contribution in [1.82, 2.24) is 5.32 Å². The van der Waals surface area contributed by atoms with Crippen LogP contribution in [0.4, 0.5) is 4.79 Å². The molecule has 0 unspecified atom stereocenters. The number of amides is 3. The number of imide groups is 1. The smallest absolute Gasteiger partial charge is 0.318 e. The van der Waals surface area contributed by atoms with Gasteiger partial charge in [0, 0.05) is 6.42 Å². The molecule has 0 bridgehead atoms. The zero-order valence-electron chi connectivity index (χ0n) is 14.5. The summed E-state index contributed by atoms with van der Waals surface area (Å²) in [5, 5.41) is 2.04. The topological polar surface area (TPSA) is 89.3 Å². The molecule has 0 radical (unpaired) electrons. The molecule has 5 nitrogen and oxygen atoms in total. The number of rotatable bonds is 3. The number of carbonyl (C=O) groups is 3. The molecule has 0 atom stereocenters. The summed E-state index contributed by atoms with van der Waals surface area (Å²) >= 11 is 3.26. The molecule has 0 saturated carbocycles. The van der Waals surface area contributed by atoms with Crippen molar-refractivity contribution >= 4 is 46.1 Å². The third-order valence-electron chi connectivity index (χ3n) is 3.58. The van der Waals surface area contributed by atoms with Gasteiger partial charge < -0.3 is 5.73 Å². The van der Waals surface area contributed by atoms with Crippen molar-refractivity contribution in [3.05, 3.63) is 11.6 Å². The van der Waals surface area contributed by atoms with Crippen LogP contribution < -0.4 is 11.1 Å². The molecule has 0 aromatic rings. The van der Waals surface area contributed by atoms with Crippen molar-refractivity contribution in [2.24, 2.45) is 11.1 Å². The molecular weight excluding hydrogens is 384 g/mol. The van der Waals surface area contributed by atoms with Crippen LogP contribution in [0.5, 0.6) is 0 Å². The molecule has 0 aromatic heterocycles. The Morgan fingerprint density at radius 1 is 1.30 bits per heavy atom. The van der Waals surface area contributed by atoms with Crippen molar-refractivity contribution in [2.45, 2.75) is 64.6 Å². The van der Waals surface area contributed by atoms with Gasteiger partial charge in [0.25, 0.3) is 0 Å². The van der Waals surface area contributed by atoms with Gasteiger partial charge in [-0.15, -0.1) is 12.4 Å². The van der Waals surface area contributed by atoms with Crippen LogP contribution in [-0.4, -0.2) is 22.0 Å². The Labute approximate surface area is 153 Å². The SMILES string of the molecule is CC1=CC(=O)CC(C)(C)C1.CCC(Br)(CC)C(=O)NC(N)=O.Cl. The Balaban J connectivity index is 0. The average Bonchev–Trinajstić information content (AvgIpc) is 2.34. The van der Waals surface area contributed by atoms with Gasteiger partial charge in [0.2, 0.25) is 5.91 Å². The van der Waals surface area contributed by atoms with Gasteiger partial charge in [0.15, 0.2) is 5.78 Å². The first-order chi connectivity index (χ1) is 9.95. The molecule has 0 aliphatic heterocycles. The zero-order valence-corrected chi connectivity index (χ0v) is 16.9. The van der Waals surface area contributed by atoms with Crippen LogP contribution in [-0.2, 0) is 9.59 Å². The predicted molar refractivity (Wildman–Crippen MR) is 99.0 cm³/mol. The predicted octanol–water partition coefficient (Wildman–Crippen LogP) is 3.88. The average molecular weight is 412 g/mol. The third-order valence-corrected chi connectivity index (χ3v) is 5.06. The number of ketones is 1. The Hall–Kier alpha value is -0.880. The van der Waals surface area contributed by atoms with Gasteiger partial charge >= 0.3 is 6.03 Å². The summed E-state index contributed by atoms with van der Waals surface area (Å²) < 4.78 is -0.665. The molecule has 7 heteroatoms. The van der Waals surface area contributed by atoms with E-state index in [2.05, 4.69) is 29.8 Å². The van der Waals surface area contributed by atoms with Gasteiger partial charge in [-0.25, -0.2) is 4.79 Å². The molecule has 0 heterocycles. The second kappa shape index (κ2) is 10.1. The minimum atomic E-state index is -0.814. The van der Waals surface area contributed by atoms with E-state index in [4.69, 9.17) is 5.73 Å². The number of allylic oxidation sites excluding steroid dienone is 2. The van der Waals surface area contributed by atoms with Crippen LogP contribution in [0.2, 0.25) is 0 Å². The summed E-state index contributed by atoms with van der Waals surface area (Å²) in [6.45, 7) is 10.0. The van der Waals surface area contributed by atoms with Gasteiger partial charge in [0.1, 0.15) is 4.32 Å². The standard InChI is InChI=1S/C9H14O.C7H13BrN2O2.ClH/c1-7-4-8(10)6-9(2,3)5-7;1-3-7(8,4-2)5(11)10-6(9)12;/h4H,5-6H2,1-3H3;3-4H2,1-2H3,(H3,9,10,11,12);1H. The summed E-state index contributed by atoms with van der Waals surface area (Å²) in [7, 11) is 0. The Morgan fingerprint density at radius 2 is 1.78 bits per heavy atom. The van der Waals surface area contributed by atoms with E-state index in [1.807, 2.05) is 26.1 Å². The fourth-order valence-electron chi connectivity index (χ4n) is 2.46. The van der Waals surface area contributed by atoms with Crippen LogP contribution in [0, 0.1) is 5.41 Å². The number of nitrogens with two attached hydrogens (primary N) is 1. The monoisotopic (exact) mass is 410 g/mol. The van der Waals surface area contributed by atoms with E-state index in [0.29, 0.717) is 19.3 Å². The molecule has 3 amide bonds. The van der Waals surface area contributed by atoms with E-state index < -0.39 is 10.4 Å². The lowest BCUT2D eigenvalue weighted by Gasteiger charge is -2.27. The number of hydrogen-bond donors (Lipinski definition) is 2. The highest BCUT2D eigenvalue weighted by atomic mass is 79.9. The second-order valence-electron chi connectivity index (χ2n) is 6.47. The van der Waals surface area contributed by atoms with Gasteiger partial charge in [-0.3, -0.25) is 14.9 Å². The van der Waals surface area contributed by atoms with Crippen molar-refractivity contribution in [3.8, 4) is 0 Å². The highest BCUT2D eigenvalue weighted by Gasteiger charge is 2.32. The molecule has 0 saturated heterocycles. The Morgan fingerprint density at radius 3 is 2.09 bits per heavy atom. The summed E-state index contributed by atoms with van der Waals surface area (Å²) in [5.74, 6) is -0.0891. The van der Waals surface area contributed by atoms with Crippen molar-refractivity contribution < 1.29 is 14.4 Å². The van der Waals surface area contributed by atoms with Crippen molar-refractivity contribution in [1.29, 1.82) is 0 Å². The number of nitrogens with one attached hydrogen (secondary N) is 1. The van der Waals surface area contributed by atoms with Crippen LogP contribution >= 0.6 is 28.3 Å². The maximum absolute atomic E-state index is 11.3. The molecule has 1 aliphatic rings. The number of alkyl halides is 1. The van der Waals surface area contributed by atoms with Crippen molar-refractivity contribution in [2.75, 3.05) is 0 Å². The molecule has 3 N–H and O–H groups in total. The first-order valence-corrected chi connectivity index (χ1v) is 8.25. The quantitative estimate of drug-likeness (QED) is 0.691. The summed E-state index contributed by atoms with van der Waals surface area (Å²) in [6, 6.07) is -0.814. The Kier molecular flexibility index (Phi) is 10.7. The minimum Gasteiger partial charge on any atom is -0.351 e. The number of hydrogen-bond acceptors (Lipinski definition) is 3. The lowest BCUT2D eigenvalue weighted by molar-refractivity contribution is -0.122. The fraction of sp³-hybridized carbons (Fsp3) is 0.688. The molecule has 0 spiro atoms. The van der Waals surface area contributed by atoms with E-state index in [1.165, 1.54) is 5.57 Å². The summed E-state index contributed by atoms with van der Waals surface area (Å²) in [5.41, 5.74) is 6.24. The van der Waals surface area contributed by atoms with E-state index in [9.17, 15) is 14.4 Å². The summed E-state index contributed by atoms with van der Waals surface area (Å²) in [6.07, 6.45) is 4.78. The molecule has 23 heavy (non-hydrogen) atoms. The van der Waals surface area contributed by atoms with Gasteiger partial charge in [-0.1, -0.05) is 49.2 Å². The van der Waals surface area contributed by atoms with E-state index in [0.717, 1.165) is 6.42 Å². The van der Waals surface area contributed by atoms with Crippen LogP contribution in [0.15, 0.2) is 11.6 Å². The molecule has 1 aliphatic carbocycles. The summed E-state index contributed by atoms with van der Waals surface area (Å²) in [4.78, 5) is 32.6. The molecule has 0 aromatic carbocycles. The minimum absolute atomic E-state index is 0. The first-order valence-electron chi connectivity index (χ1n) is 7.45. The van der Waals surface area contributed by atoms with E-state index in [1.54, 1.807) is 6.08 Å². The zero-order chi connectivity index (χ0) is 17.6. The van der Waals surface area contributed by atoms with Gasteiger partial charge in [0.05, 0.1) is 0 Å². The Bertz CT molecular complexity index is 472. The van der Waals surface area contributed by atoms with Gasteiger partial charge in [-0.05, 0) is 37.7 Å². The van der Waals surface area contributed by atoms with E-state index in [-0.39, 0.29) is 29.5 Å².